The van der Waals surface area contributed by atoms with Crippen molar-refractivity contribution in [2.45, 2.75) is 13.3 Å². The van der Waals surface area contributed by atoms with Crippen LogP contribution >= 0.6 is 0 Å². The zero-order valence-electron chi connectivity index (χ0n) is 7.67. The van der Waals surface area contributed by atoms with Gasteiger partial charge in [-0.2, -0.15) is 5.26 Å². The van der Waals surface area contributed by atoms with E-state index in [1.807, 2.05) is 25.1 Å². The highest BCUT2D eigenvalue weighted by molar-refractivity contribution is 5.69. The van der Waals surface area contributed by atoms with Crippen LogP contribution in [0.5, 0.6) is 0 Å². The molecule has 0 heterocycles. The second kappa shape index (κ2) is 4.36. The van der Waals surface area contributed by atoms with Crippen LogP contribution in [0.2, 0.25) is 0 Å². The molecule has 0 atom stereocenters. The summed E-state index contributed by atoms with van der Waals surface area (Å²) in [5, 5.41) is 11.5. The number of aryl methyl sites for hydroxylation is 1. The molecule has 1 aromatic rings. The molecule has 0 aliphatic heterocycles. The van der Waals surface area contributed by atoms with Crippen molar-refractivity contribution in [3.63, 3.8) is 0 Å². The average molecular weight is 175 g/mol. The van der Waals surface area contributed by atoms with Crippen molar-refractivity contribution in [1.82, 2.24) is 0 Å². The van der Waals surface area contributed by atoms with Crippen molar-refractivity contribution in [2.24, 2.45) is 0 Å². The second-order valence-electron chi connectivity index (χ2n) is 2.87. The smallest absolute Gasteiger partial charge is 0.0640 e. The number of para-hydroxylation sites is 1. The molecule has 3 nitrogen and oxygen atoms in total. The summed E-state index contributed by atoms with van der Waals surface area (Å²) in [6.45, 7) is 2.64. The van der Waals surface area contributed by atoms with Gasteiger partial charge in [0.05, 0.1) is 23.9 Å². The zero-order chi connectivity index (χ0) is 9.68. The number of hydrogen-bond donors (Lipinski definition) is 2. The first kappa shape index (κ1) is 9.40. The van der Waals surface area contributed by atoms with Crippen molar-refractivity contribution in [2.75, 3.05) is 17.6 Å². The Labute approximate surface area is 78.2 Å². The molecule has 1 rings (SSSR count). The summed E-state index contributed by atoms with van der Waals surface area (Å²) in [4.78, 5) is 0. The Bertz CT molecular complexity index is 305. The molecular formula is C10H13N3. The minimum atomic E-state index is 0.494. The number of anilines is 2. The van der Waals surface area contributed by atoms with E-state index in [4.69, 9.17) is 11.0 Å². The first-order chi connectivity index (χ1) is 6.25. The van der Waals surface area contributed by atoms with Gasteiger partial charge in [0.2, 0.25) is 0 Å². The molecule has 0 aromatic heterocycles. The lowest BCUT2D eigenvalue weighted by Crippen LogP contribution is -2.04. The fraction of sp³-hybridized carbons (Fsp3) is 0.300. The van der Waals surface area contributed by atoms with Gasteiger partial charge in [-0.25, -0.2) is 0 Å². The largest absolute Gasteiger partial charge is 0.397 e. The highest BCUT2D eigenvalue weighted by Gasteiger charge is 2.00. The number of rotatable bonds is 3. The van der Waals surface area contributed by atoms with E-state index in [9.17, 15) is 0 Å². The Morgan fingerprint density at radius 3 is 2.92 bits per heavy atom. The van der Waals surface area contributed by atoms with E-state index in [1.54, 1.807) is 0 Å². The second-order valence-corrected chi connectivity index (χ2v) is 2.87. The van der Waals surface area contributed by atoms with E-state index < -0.39 is 0 Å². The van der Waals surface area contributed by atoms with Gasteiger partial charge in [0, 0.05) is 6.54 Å². The van der Waals surface area contributed by atoms with Crippen LogP contribution in [0.4, 0.5) is 11.4 Å². The van der Waals surface area contributed by atoms with Crippen LogP contribution < -0.4 is 11.1 Å². The summed E-state index contributed by atoms with van der Waals surface area (Å²) in [5.74, 6) is 0. The molecule has 13 heavy (non-hydrogen) atoms. The lowest BCUT2D eigenvalue weighted by molar-refractivity contribution is 1.07. The van der Waals surface area contributed by atoms with Crippen LogP contribution in [-0.4, -0.2) is 6.54 Å². The minimum absolute atomic E-state index is 0.494. The van der Waals surface area contributed by atoms with Gasteiger partial charge < -0.3 is 11.1 Å². The summed E-state index contributed by atoms with van der Waals surface area (Å²) in [6.07, 6.45) is 0.494. The van der Waals surface area contributed by atoms with Gasteiger partial charge in [-0.1, -0.05) is 12.1 Å². The molecule has 0 saturated heterocycles. The SMILES string of the molecule is Cc1cccc(N)c1NCCC#N. The van der Waals surface area contributed by atoms with Crippen LogP contribution in [0.25, 0.3) is 0 Å². The van der Waals surface area contributed by atoms with Gasteiger partial charge in [-0.15, -0.1) is 0 Å². The van der Waals surface area contributed by atoms with Crippen molar-refractivity contribution < 1.29 is 0 Å². The summed E-state index contributed by atoms with van der Waals surface area (Å²) in [6, 6.07) is 7.83. The first-order valence-corrected chi connectivity index (χ1v) is 4.21. The quantitative estimate of drug-likeness (QED) is 0.544. The molecule has 0 spiro atoms. The Balaban J connectivity index is 2.71. The molecule has 0 amide bonds. The molecule has 0 radical (unpaired) electrons. The fourth-order valence-electron chi connectivity index (χ4n) is 1.18. The summed E-state index contributed by atoms with van der Waals surface area (Å²) >= 11 is 0. The van der Waals surface area contributed by atoms with Gasteiger partial charge in [-0.3, -0.25) is 0 Å². The summed E-state index contributed by atoms with van der Waals surface area (Å²) in [7, 11) is 0. The summed E-state index contributed by atoms with van der Waals surface area (Å²) < 4.78 is 0. The van der Waals surface area contributed by atoms with E-state index in [-0.39, 0.29) is 0 Å². The normalized spacial score (nSPS) is 9.23. The Hall–Kier alpha value is -1.69. The van der Waals surface area contributed by atoms with Crippen LogP contribution in [0, 0.1) is 18.3 Å². The van der Waals surface area contributed by atoms with Crippen molar-refractivity contribution in [1.29, 1.82) is 5.26 Å². The molecule has 0 bridgehead atoms. The monoisotopic (exact) mass is 175 g/mol. The Morgan fingerprint density at radius 2 is 2.31 bits per heavy atom. The highest BCUT2D eigenvalue weighted by atomic mass is 14.9. The molecule has 0 fully saturated rings. The van der Waals surface area contributed by atoms with E-state index in [2.05, 4.69) is 11.4 Å². The van der Waals surface area contributed by atoms with E-state index in [0.29, 0.717) is 13.0 Å². The predicted molar refractivity (Wildman–Crippen MR) is 54.3 cm³/mol. The minimum Gasteiger partial charge on any atom is -0.397 e. The number of nitrogens with two attached hydrogens (primary N) is 1. The lowest BCUT2D eigenvalue weighted by atomic mass is 10.1. The van der Waals surface area contributed by atoms with Crippen LogP contribution in [0.15, 0.2) is 18.2 Å². The third kappa shape index (κ3) is 2.38. The summed E-state index contributed by atoms with van der Waals surface area (Å²) in [5.41, 5.74) is 8.54. The van der Waals surface area contributed by atoms with Gasteiger partial charge in [0.1, 0.15) is 0 Å². The zero-order valence-corrected chi connectivity index (χ0v) is 7.67. The van der Waals surface area contributed by atoms with Crippen molar-refractivity contribution >= 4 is 11.4 Å². The maximum atomic E-state index is 8.36. The number of nitrogens with zero attached hydrogens (tertiary/aromatic N) is 1. The Morgan fingerprint density at radius 1 is 1.54 bits per heavy atom. The third-order valence-corrected chi connectivity index (χ3v) is 1.84. The molecule has 68 valence electrons. The number of nitrogen functional groups attached to an aromatic ring is 1. The average Bonchev–Trinajstić information content (AvgIpc) is 2.10. The highest BCUT2D eigenvalue weighted by Crippen LogP contribution is 2.21. The number of benzene rings is 1. The maximum absolute atomic E-state index is 8.36. The van der Waals surface area contributed by atoms with Gasteiger partial charge in [-0.05, 0) is 18.6 Å². The topological polar surface area (TPSA) is 61.8 Å². The molecule has 1 aromatic carbocycles. The molecular weight excluding hydrogens is 162 g/mol. The number of nitriles is 1. The maximum Gasteiger partial charge on any atom is 0.0640 e. The van der Waals surface area contributed by atoms with Gasteiger partial charge in [0.15, 0.2) is 0 Å². The molecule has 0 aliphatic carbocycles. The number of hydrogen-bond acceptors (Lipinski definition) is 3. The molecule has 0 unspecified atom stereocenters. The van der Waals surface area contributed by atoms with Gasteiger partial charge >= 0.3 is 0 Å². The van der Waals surface area contributed by atoms with Gasteiger partial charge in [0.25, 0.3) is 0 Å². The van der Waals surface area contributed by atoms with E-state index in [1.165, 1.54) is 0 Å². The molecule has 3 heteroatoms. The molecule has 0 saturated carbocycles. The predicted octanol–water partition coefficient (Wildman–Crippen LogP) is 1.90. The fourth-order valence-corrected chi connectivity index (χ4v) is 1.18. The lowest BCUT2D eigenvalue weighted by Gasteiger charge is -2.10. The van der Waals surface area contributed by atoms with Crippen LogP contribution in [0.3, 0.4) is 0 Å². The third-order valence-electron chi connectivity index (χ3n) is 1.84. The number of nitrogens with one attached hydrogen (secondary N) is 1. The van der Waals surface area contributed by atoms with Crippen molar-refractivity contribution in [3.8, 4) is 6.07 Å². The van der Waals surface area contributed by atoms with E-state index >= 15 is 0 Å². The standard InChI is InChI=1S/C10H13N3/c1-8-4-2-5-9(12)10(8)13-7-3-6-11/h2,4-5,13H,3,7,12H2,1H3. The van der Waals surface area contributed by atoms with Crippen molar-refractivity contribution in [3.05, 3.63) is 23.8 Å². The molecule has 3 N–H and O–H groups in total. The van der Waals surface area contributed by atoms with E-state index in [0.717, 1.165) is 16.9 Å². The molecule has 0 aliphatic rings. The first-order valence-electron chi connectivity index (χ1n) is 4.21. The Kier molecular flexibility index (Phi) is 3.15. The van der Waals surface area contributed by atoms with Crippen LogP contribution in [0.1, 0.15) is 12.0 Å². The van der Waals surface area contributed by atoms with Crippen LogP contribution in [-0.2, 0) is 0 Å².